The monoisotopic (exact) mass is 270 g/mol. The summed E-state index contributed by atoms with van der Waals surface area (Å²) in [5.41, 5.74) is 4.12. The van der Waals surface area contributed by atoms with Gasteiger partial charge in [0.1, 0.15) is 5.75 Å². The number of fused-ring (bicyclic) bond motifs is 1. The Hall–Kier alpha value is -1.74. The molecule has 0 saturated heterocycles. The molecule has 1 aliphatic heterocycles. The minimum atomic E-state index is 0.837. The Balaban J connectivity index is 1.63. The zero-order valence-electron chi connectivity index (χ0n) is 12.1. The number of nitrogens with zero attached hydrogens (tertiary/aromatic N) is 1. The zero-order valence-corrected chi connectivity index (χ0v) is 12.1. The predicted molar refractivity (Wildman–Crippen MR) is 81.2 cm³/mol. The van der Waals surface area contributed by atoms with E-state index in [9.17, 15) is 0 Å². The highest BCUT2D eigenvalue weighted by Crippen LogP contribution is 2.26. The van der Waals surface area contributed by atoms with Crippen LogP contribution in [0, 0.1) is 0 Å². The first-order chi connectivity index (χ1) is 9.86. The van der Waals surface area contributed by atoms with Crippen LogP contribution in [0.25, 0.3) is 0 Å². The van der Waals surface area contributed by atoms with E-state index >= 15 is 0 Å². The van der Waals surface area contributed by atoms with E-state index in [0.29, 0.717) is 0 Å². The number of aromatic nitrogens is 1. The molecule has 0 spiro atoms. The van der Waals surface area contributed by atoms with Gasteiger partial charge in [-0.25, -0.2) is 0 Å². The van der Waals surface area contributed by atoms with Gasteiger partial charge in [-0.05, 0) is 42.3 Å². The van der Waals surface area contributed by atoms with Crippen LogP contribution in [0.4, 0.5) is 0 Å². The fourth-order valence-electron chi connectivity index (χ4n) is 2.73. The summed E-state index contributed by atoms with van der Waals surface area (Å²) in [5.74, 6) is 1.07. The molecule has 1 aliphatic rings. The molecule has 0 amide bonds. The Labute approximate surface area is 120 Å². The molecule has 3 heteroatoms. The van der Waals surface area contributed by atoms with Crippen LogP contribution in [-0.4, -0.2) is 17.7 Å². The van der Waals surface area contributed by atoms with Crippen LogP contribution in [0.2, 0.25) is 0 Å². The highest BCUT2D eigenvalue weighted by atomic mass is 16.5. The summed E-state index contributed by atoms with van der Waals surface area (Å²) >= 11 is 0. The largest absolute Gasteiger partial charge is 0.493 e. The number of hydrogen-bond acceptors (Lipinski definition) is 2. The first-order valence-corrected chi connectivity index (χ1v) is 7.46. The van der Waals surface area contributed by atoms with E-state index in [-0.39, 0.29) is 0 Å². The van der Waals surface area contributed by atoms with Gasteiger partial charge in [-0.3, -0.25) is 0 Å². The lowest BCUT2D eigenvalue weighted by atomic mass is 10.1. The lowest BCUT2D eigenvalue weighted by Gasteiger charge is -2.10. The van der Waals surface area contributed by atoms with Crippen LogP contribution in [0.15, 0.2) is 36.5 Å². The SMILES string of the molecule is CCNCc1cccn1CCc1ccc2c(c1)CCO2. The van der Waals surface area contributed by atoms with Crippen molar-refractivity contribution in [3.63, 3.8) is 0 Å². The van der Waals surface area contributed by atoms with Gasteiger partial charge in [0.2, 0.25) is 0 Å². The first kappa shape index (κ1) is 13.3. The molecule has 20 heavy (non-hydrogen) atoms. The van der Waals surface area contributed by atoms with Crippen LogP contribution in [0.5, 0.6) is 5.75 Å². The molecule has 0 aliphatic carbocycles. The van der Waals surface area contributed by atoms with Gasteiger partial charge in [0.15, 0.2) is 0 Å². The highest BCUT2D eigenvalue weighted by molar-refractivity contribution is 5.39. The standard InChI is InChI=1S/C17H22N2O/c1-2-18-13-16-4-3-9-19(16)10-7-14-5-6-17-15(12-14)8-11-20-17/h3-6,9,12,18H,2,7-8,10-11,13H2,1H3. The summed E-state index contributed by atoms with van der Waals surface area (Å²) in [6.07, 6.45) is 4.29. The fraction of sp³-hybridized carbons (Fsp3) is 0.412. The minimum Gasteiger partial charge on any atom is -0.493 e. The third kappa shape index (κ3) is 2.88. The van der Waals surface area contributed by atoms with E-state index in [0.717, 1.165) is 44.8 Å². The van der Waals surface area contributed by atoms with Crippen molar-refractivity contribution in [2.45, 2.75) is 32.9 Å². The molecule has 3 nitrogen and oxygen atoms in total. The highest BCUT2D eigenvalue weighted by Gasteiger charge is 2.11. The van der Waals surface area contributed by atoms with Crippen LogP contribution >= 0.6 is 0 Å². The number of benzene rings is 1. The van der Waals surface area contributed by atoms with E-state index < -0.39 is 0 Å². The van der Waals surface area contributed by atoms with Crippen molar-refractivity contribution < 1.29 is 4.74 Å². The van der Waals surface area contributed by atoms with Gasteiger partial charge in [-0.1, -0.05) is 19.1 Å². The average molecular weight is 270 g/mol. The molecule has 1 aromatic carbocycles. The Kier molecular flexibility index (Phi) is 4.07. The third-order valence-corrected chi connectivity index (χ3v) is 3.87. The summed E-state index contributed by atoms with van der Waals surface area (Å²) in [5, 5.41) is 3.39. The molecule has 106 valence electrons. The summed E-state index contributed by atoms with van der Waals surface area (Å²) in [6.45, 7) is 5.97. The third-order valence-electron chi connectivity index (χ3n) is 3.87. The van der Waals surface area contributed by atoms with Gasteiger partial charge in [-0.15, -0.1) is 0 Å². The lowest BCUT2D eigenvalue weighted by Crippen LogP contribution is -2.15. The van der Waals surface area contributed by atoms with Crippen molar-refractivity contribution in [3.8, 4) is 5.75 Å². The average Bonchev–Trinajstić information content (AvgIpc) is 3.11. The number of rotatable bonds is 6. The summed E-state index contributed by atoms with van der Waals surface area (Å²) in [6, 6.07) is 10.9. The molecule has 0 bridgehead atoms. The number of hydrogen-bond donors (Lipinski definition) is 1. The van der Waals surface area contributed by atoms with Gasteiger partial charge in [0.05, 0.1) is 6.61 Å². The van der Waals surface area contributed by atoms with Crippen LogP contribution < -0.4 is 10.1 Å². The van der Waals surface area contributed by atoms with Crippen molar-refractivity contribution in [2.24, 2.45) is 0 Å². The second kappa shape index (κ2) is 6.14. The molecule has 0 saturated carbocycles. The number of aryl methyl sites for hydroxylation is 2. The quantitative estimate of drug-likeness (QED) is 0.873. The van der Waals surface area contributed by atoms with Gasteiger partial charge in [-0.2, -0.15) is 0 Å². The normalized spacial score (nSPS) is 13.2. The second-order valence-corrected chi connectivity index (χ2v) is 5.26. The van der Waals surface area contributed by atoms with Crippen molar-refractivity contribution in [1.29, 1.82) is 0 Å². The minimum absolute atomic E-state index is 0.837. The Bertz CT molecular complexity index is 574. The molecular weight excluding hydrogens is 248 g/mol. The maximum Gasteiger partial charge on any atom is 0.122 e. The van der Waals surface area contributed by atoms with Gasteiger partial charge >= 0.3 is 0 Å². The molecule has 1 N–H and O–H groups in total. The van der Waals surface area contributed by atoms with Gasteiger partial charge in [0.25, 0.3) is 0 Å². The van der Waals surface area contributed by atoms with E-state index in [1.807, 2.05) is 0 Å². The molecule has 2 aromatic rings. The molecular formula is C17H22N2O. The first-order valence-electron chi connectivity index (χ1n) is 7.46. The molecule has 2 heterocycles. The second-order valence-electron chi connectivity index (χ2n) is 5.26. The Morgan fingerprint density at radius 3 is 3.15 bits per heavy atom. The van der Waals surface area contributed by atoms with E-state index in [2.05, 4.69) is 53.3 Å². The van der Waals surface area contributed by atoms with Crippen LogP contribution in [0.3, 0.4) is 0 Å². The fourth-order valence-corrected chi connectivity index (χ4v) is 2.73. The van der Waals surface area contributed by atoms with Crippen LogP contribution in [0.1, 0.15) is 23.7 Å². The molecule has 0 atom stereocenters. The lowest BCUT2D eigenvalue weighted by molar-refractivity contribution is 0.357. The number of nitrogens with one attached hydrogen (secondary N) is 1. The van der Waals surface area contributed by atoms with Gasteiger partial charge < -0.3 is 14.6 Å². The Morgan fingerprint density at radius 1 is 1.30 bits per heavy atom. The maximum absolute atomic E-state index is 5.55. The zero-order chi connectivity index (χ0) is 13.8. The van der Waals surface area contributed by atoms with E-state index in [4.69, 9.17) is 4.74 Å². The summed E-state index contributed by atoms with van der Waals surface area (Å²) in [7, 11) is 0. The van der Waals surface area contributed by atoms with Gasteiger partial charge in [0, 0.05) is 31.4 Å². The maximum atomic E-state index is 5.55. The molecule has 0 fully saturated rings. The van der Waals surface area contributed by atoms with E-state index in [1.165, 1.54) is 16.8 Å². The molecule has 3 rings (SSSR count). The smallest absolute Gasteiger partial charge is 0.122 e. The van der Waals surface area contributed by atoms with Crippen molar-refractivity contribution in [1.82, 2.24) is 9.88 Å². The Morgan fingerprint density at radius 2 is 2.25 bits per heavy atom. The van der Waals surface area contributed by atoms with Crippen molar-refractivity contribution in [3.05, 3.63) is 53.3 Å². The van der Waals surface area contributed by atoms with Crippen LogP contribution in [-0.2, 0) is 25.9 Å². The number of ether oxygens (including phenoxy) is 1. The topological polar surface area (TPSA) is 26.2 Å². The van der Waals surface area contributed by atoms with E-state index in [1.54, 1.807) is 0 Å². The predicted octanol–water partition coefficient (Wildman–Crippen LogP) is 2.78. The summed E-state index contributed by atoms with van der Waals surface area (Å²) in [4.78, 5) is 0. The molecule has 1 aromatic heterocycles. The molecule has 0 radical (unpaired) electrons. The summed E-state index contributed by atoms with van der Waals surface area (Å²) < 4.78 is 7.89. The van der Waals surface area contributed by atoms with Crippen molar-refractivity contribution >= 4 is 0 Å². The van der Waals surface area contributed by atoms with Crippen molar-refractivity contribution in [2.75, 3.05) is 13.2 Å². The molecule has 0 unspecified atom stereocenters.